The molecule has 6 N–H and O–H groups in total. The Morgan fingerprint density at radius 2 is 1.57 bits per heavy atom. The first-order chi connectivity index (χ1) is 22.7. The zero-order chi connectivity index (χ0) is 37.1. The van der Waals surface area contributed by atoms with Crippen molar-refractivity contribution in [2.75, 3.05) is 18.4 Å². The molecule has 1 aliphatic rings. The van der Waals surface area contributed by atoms with Crippen LogP contribution in [0.2, 0.25) is 0 Å². The molecule has 3 atom stereocenters. The normalized spacial score (nSPS) is 16.2. The number of urea groups is 1. The van der Waals surface area contributed by atoms with E-state index < -0.39 is 47.2 Å². The van der Waals surface area contributed by atoms with Crippen LogP contribution in [0.3, 0.4) is 0 Å². The Bertz CT molecular complexity index is 1360. The first kappa shape index (κ1) is 40.7. The van der Waals surface area contributed by atoms with Gasteiger partial charge in [-0.3, -0.25) is 33.7 Å². The van der Waals surface area contributed by atoms with Crippen LogP contribution in [-0.2, 0) is 40.1 Å². The van der Waals surface area contributed by atoms with Crippen LogP contribution in [-0.4, -0.2) is 71.6 Å². The lowest BCUT2D eigenvalue weighted by Gasteiger charge is -2.26. The molecule has 1 unspecified atom stereocenters. The van der Waals surface area contributed by atoms with Gasteiger partial charge in [-0.25, -0.2) is 4.79 Å². The summed E-state index contributed by atoms with van der Waals surface area (Å²) in [5, 5.41) is 10.7. The molecule has 0 radical (unpaired) electrons. The molecule has 2 rings (SSSR count). The van der Waals surface area contributed by atoms with Crippen molar-refractivity contribution in [3.05, 3.63) is 29.8 Å². The number of imide groups is 1. The Morgan fingerprint density at radius 3 is 2.10 bits per heavy atom. The van der Waals surface area contributed by atoms with Crippen molar-refractivity contribution in [3.63, 3.8) is 0 Å². The molecule has 1 fully saturated rings. The van der Waals surface area contributed by atoms with Crippen LogP contribution in [0.5, 0.6) is 0 Å². The van der Waals surface area contributed by atoms with Gasteiger partial charge in [0.1, 0.15) is 18.7 Å². The van der Waals surface area contributed by atoms with Crippen molar-refractivity contribution >= 4 is 47.2 Å². The number of carbonyl (C=O) groups excluding carboxylic acids is 7. The predicted octanol–water partition coefficient (Wildman–Crippen LogP) is 2.99. The van der Waals surface area contributed by atoms with Gasteiger partial charge in [-0.15, -0.1) is 0 Å². The highest BCUT2D eigenvalue weighted by Gasteiger charge is 2.44. The van der Waals surface area contributed by atoms with E-state index in [4.69, 9.17) is 10.5 Å². The maximum atomic E-state index is 13.4. The molecule has 0 spiro atoms. The van der Waals surface area contributed by atoms with Gasteiger partial charge in [0.25, 0.3) is 0 Å². The molecule has 272 valence electrons. The molecular formula is C35H54N6O8. The highest BCUT2D eigenvalue weighted by atomic mass is 16.5. The van der Waals surface area contributed by atoms with E-state index >= 15 is 0 Å². The Hall–Kier alpha value is -4.49. The van der Waals surface area contributed by atoms with E-state index in [9.17, 15) is 33.6 Å². The largest absolute Gasteiger partial charge is 0.460 e. The second-order valence-corrected chi connectivity index (χ2v) is 14.9. The SMILES string of the molecule is CC(C)[C@H](NC(=O)CCCN1C(=O)CC(C(C)(C)C)C1=O)C(=O)N[C@@H](CCCNC(N)=O)C(=O)Nc1ccc(COC(=O)C(C)(C)C)cc1. The van der Waals surface area contributed by atoms with Gasteiger partial charge in [0.05, 0.1) is 11.3 Å². The highest BCUT2D eigenvalue weighted by Crippen LogP contribution is 2.35. The number of likely N-dealkylation sites (tertiary alicyclic amines) is 1. The minimum atomic E-state index is -1.02. The lowest BCUT2D eigenvalue weighted by atomic mass is 9.80. The van der Waals surface area contributed by atoms with Crippen LogP contribution < -0.4 is 27.0 Å². The first-order valence-electron chi connectivity index (χ1n) is 16.7. The van der Waals surface area contributed by atoms with Gasteiger partial charge in [-0.05, 0) is 69.1 Å². The second kappa shape index (κ2) is 17.8. The molecule has 1 aromatic carbocycles. The highest BCUT2D eigenvalue weighted by molar-refractivity contribution is 6.04. The fourth-order valence-electron chi connectivity index (χ4n) is 5.10. The van der Waals surface area contributed by atoms with Gasteiger partial charge in [0, 0.05) is 31.6 Å². The van der Waals surface area contributed by atoms with E-state index in [1.54, 1.807) is 58.9 Å². The summed E-state index contributed by atoms with van der Waals surface area (Å²) in [5.74, 6) is -3.07. The minimum absolute atomic E-state index is 0.0121. The minimum Gasteiger partial charge on any atom is -0.460 e. The molecule has 1 aromatic rings. The van der Waals surface area contributed by atoms with Crippen molar-refractivity contribution in [3.8, 4) is 0 Å². The monoisotopic (exact) mass is 686 g/mol. The fraction of sp³-hybridized carbons (Fsp3) is 0.629. The number of hydrogen-bond donors (Lipinski definition) is 5. The summed E-state index contributed by atoms with van der Waals surface area (Å²) in [4.78, 5) is 89.3. The van der Waals surface area contributed by atoms with E-state index in [2.05, 4.69) is 21.3 Å². The maximum absolute atomic E-state index is 13.4. The smallest absolute Gasteiger partial charge is 0.312 e. The summed E-state index contributed by atoms with van der Waals surface area (Å²) in [6.45, 7) is 14.9. The molecule has 14 nitrogen and oxygen atoms in total. The van der Waals surface area contributed by atoms with E-state index in [-0.39, 0.29) is 74.5 Å². The average molecular weight is 687 g/mol. The van der Waals surface area contributed by atoms with E-state index in [1.165, 1.54) is 4.90 Å². The molecule has 1 saturated heterocycles. The zero-order valence-corrected chi connectivity index (χ0v) is 30.1. The lowest BCUT2D eigenvalue weighted by molar-refractivity contribution is -0.154. The van der Waals surface area contributed by atoms with E-state index in [0.717, 1.165) is 5.56 Å². The number of amides is 7. The van der Waals surface area contributed by atoms with Crippen LogP contribution in [0.1, 0.15) is 93.1 Å². The molecular weight excluding hydrogens is 632 g/mol. The van der Waals surface area contributed by atoms with Gasteiger partial charge in [0.15, 0.2) is 0 Å². The first-order valence-corrected chi connectivity index (χ1v) is 16.7. The van der Waals surface area contributed by atoms with Crippen LogP contribution in [0, 0.1) is 22.7 Å². The van der Waals surface area contributed by atoms with Crippen LogP contribution in [0.15, 0.2) is 24.3 Å². The average Bonchev–Trinajstić information content (AvgIpc) is 3.29. The number of carbonyl (C=O) groups is 7. The van der Waals surface area contributed by atoms with Crippen molar-refractivity contribution in [1.82, 2.24) is 20.9 Å². The summed E-state index contributed by atoms with van der Waals surface area (Å²) >= 11 is 0. The molecule has 49 heavy (non-hydrogen) atoms. The third kappa shape index (κ3) is 13.1. The van der Waals surface area contributed by atoms with Crippen LogP contribution in [0.4, 0.5) is 10.5 Å². The standard InChI is InChI=1S/C35H54N6O8/c1-21(2)28(40-26(42)12-10-18-41-27(43)19-24(31(41)46)34(3,4)5)30(45)39-25(11-9-17-37-33(36)48)29(44)38-23-15-13-22(14-16-23)20-49-32(47)35(6,7)8/h13-16,21,24-25,28H,9-12,17-20H2,1-8H3,(H,38,44)(H,39,45)(H,40,42)(H3,36,37,48)/t24?,25-,28-/m0/s1. The summed E-state index contributed by atoms with van der Waals surface area (Å²) in [7, 11) is 0. The predicted molar refractivity (Wildman–Crippen MR) is 183 cm³/mol. The number of rotatable bonds is 16. The van der Waals surface area contributed by atoms with E-state index in [1.807, 2.05) is 20.8 Å². The quantitative estimate of drug-likeness (QED) is 0.0990. The number of anilines is 1. The van der Waals surface area contributed by atoms with Gasteiger partial charge >= 0.3 is 12.0 Å². The Labute approximate surface area is 289 Å². The summed E-state index contributed by atoms with van der Waals surface area (Å²) in [6.07, 6.45) is 0.856. The number of nitrogens with two attached hydrogens (primary N) is 1. The molecule has 0 aliphatic carbocycles. The number of nitrogens with one attached hydrogen (secondary N) is 4. The number of esters is 1. The van der Waals surface area contributed by atoms with Crippen LogP contribution >= 0.6 is 0 Å². The maximum Gasteiger partial charge on any atom is 0.312 e. The van der Waals surface area contributed by atoms with Gasteiger partial charge in [-0.2, -0.15) is 0 Å². The molecule has 0 bridgehead atoms. The van der Waals surface area contributed by atoms with Crippen LogP contribution in [0.25, 0.3) is 0 Å². The summed E-state index contributed by atoms with van der Waals surface area (Å²) in [5.41, 5.74) is 5.33. The number of benzene rings is 1. The van der Waals surface area contributed by atoms with Gasteiger partial charge in [-0.1, -0.05) is 46.8 Å². The zero-order valence-electron chi connectivity index (χ0n) is 30.1. The molecule has 0 aromatic heterocycles. The van der Waals surface area contributed by atoms with Gasteiger partial charge in [0.2, 0.25) is 29.5 Å². The Balaban J connectivity index is 2.02. The third-order valence-corrected chi connectivity index (χ3v) is 8.15. The summed E-state index contributed by atoms with van der Waals surface area (Å²) < 4.78 is 5.33. The Morgan fingerprint density at radius 1 is 0.939 bits per heavy atom. The van der Waals surface area contributed by atoms with E-state index in [0.29, 0.717) is 12.1 Å². The number of primary amides is 1. The second-order valence-electron chi connectivity index (χ2n) is 14.9. The topological polar surface area (TPSA) is 206 Å². The van der Waals surface area contributed by atoms with Crippen molar-refractivity contribution in [2.45, 2.75) is 106 Å². The van der Waals surface area contributed by atoms with Crippen molar-refractivity contribution in [1.29, 1.82) is 0 Å². The van der Waals surface area contributed by atoms with Crippen molar-refractivity contribution in [2.24, 2.45) is 28.4 Å². The molecule has 7 amide bonds. The molecule has 14 heteroatoms. The lowest BCUT2D eigenvalue weighted by Crippen LogP contribution is -2.54. The van der Waals surface area contributed by atoms with Gasteiger partial charge < -0.3 is 31.7 Å². The molecule has 1 heterocycles. The Kier molecular flexibility index (Phi) is 14.8. The molecule has 0 saturated carbocycles. The number of ether oxygens (including phenoxy) is 1. The molecule has 1 aliphatic heterocycles. The third-order valence-electron chi connectivity index (χ3n) is 8.15. The number of nitrogens with zero attached hydrogens (tertiary/aromatic N) is 1. The van der Waals surface area contributed by atoms with Crippen molar-refractivity contribution < 1.29 is 38.3 Å². The fourth-order valence-corrected chi connectivity index (χ4v) is 5.10. The summed E-state index contributed by atoms with van der Waals surface area (Å²) in [6, 6.07) is 4.01. The number of hydrogen-bond acceptors (Lipinski definition) is 8.